The molecule has 0 aromatic heterocycles. The summed E-state index contributed by atoms with van der Waals surface area (Å²) in [6, 6.07) is 4.09. The van der Waals surface area contributed by atoms with Gasteiger partial charge in [0.05, 0.1) is 17.8 Å². The summed E-state index contributed by atoms with van der Waals surface area (Å²) in [7, 11) is 0. The first-order valence-electron chi connectivity index (χ1n) is 10.8. The molecule has 1 unspecified atom stereocenters. The van der Waals surface area contributed by atoms with E-state index in [9.17, 15) is 13.2 Å². The highest BCUT2D eigenvalue weighted by Gasteiger charge is 2.44. The molecule has 0 spiro atoms. The molecule has 0 saturated carbocycles. The Morgan fingerprint density at radius 3 is 2.80 bits per heavy atom. The van der Waals surface area contributed by atoms with Crippen molar-refractivity contribution in [1.82, 2.24) is 5.32 Å². The number of aliphatic hydroxyl groups is 1. The topological polar surface area (TPSA) is 53.5 Å². The van der Waals surface area contributed by atoms with Gasteiger partial charge in [-0.05, 0) is 50.4 Å². The Labute approximate surface area is 175 Å². The van der Waals surface area contributed by atoms with Crippen LogP contribution in [0.15, 0.2) is 42.5 Å². The van der Waals surface area contributed by atoms with Gasteiger partial charge in [-0.1, -0.05) is 24.3 Å². The number of nitrogens with one attached hydrogen (secondary N) is 2. The molecule has 1 aliphatic carbocycles. The molecule has 1 saturated heterocycles. The number of rotatable bonds is 6. The van der Waals surface area contributed by atoms with Crippen LogP contribution in [-0.2, 0) is 10.9 Å². The third-order valence-electron chi connectivity index (χ3n) is 6.38. The van der Waals surface area contributed by atoms with Gasteiger partial charge in [-0.15, -0.1) is 0 Å². The van der Waals surface area contributed by atoms with Crippen molar-refractivity contribution in [1.29, 1.82) is 0 Å². The zero-order valence-corrected chi connectivity index (χ0v) is 16.9. The molecular formula is C23H29F3N2O2. The van der Waals surface area contributed by atoms with E-state index in [0.717, 1.165) is 31.0 Å². The lowest BCUT2D eigenvalue weighted by molar-refractivity contribution is -0.138. The molecule has 4 rings (SSSR count). The third kappa shape index (κ3) is 4.58. The van der Waals surface area contributed by atoms with Crippen LogP contribution in [0.4, 0.5) is 18.9 Å². The molecule has 2 heterocycles. The molecule has 4 nitrogen and oxygen atoms in total. The normalized spacial score (nSPS) is 30.5. The quantitative estimate of drug-likeness (QED) is 0.594. The number of anilines is 1. The highest BCUT2D eigenvalue weighted by molar-refractivity contribution is 5.58. The van der Waals surface area contributed by atoms with Gasteiger partial charge >= 0.3 is 6.18 Å². The fourth-order valence-corrected chi connectivity index (χ4v) is 4.88. The van der Waals surface area contributed by atoms with Crippen molar-refractivity contribution in [2.24, 2.45) is 11.8 Å². The summed E-state index contributed by atoms with van der Waals surface area (Å²) in [6.45, 7) is 1.47. The molecule has 2 aliphatic heterocycles. The summed E-state index contributed by atoms with van der Waals surface area (Å²) in [6.07, 6.45) is 6.98. The summed E-state index contributed by atoms with van der Waals surface area (Å²) in [5.41, 5.74) is 0.722. The molecule has 1 fully saturated rings. The van der Waals surface area contributed by atoms with Crippen molar-refractivity contribution in [3.8, 4) is 0 Å². The molecule has 0 radical (unpaired) electrons. The Morgan fingerprint density at radius 2 is 2.07 bits per heavy atom. The molecule has 7 heteroatoms. The maximum absolute atomic E-state index is 13.4. The molecule has 164 valence electrons. The van der Waals surface area contributed by atoms with Crippen molar-refractivity contribution in [3.63, 3.8) is 0 Å². The lowest BCUT2D eigenvalue weighted by atomic mass is 9.73. The average molecular weight is 422 g/mol. The van der Waals surface area contributed by atoms with E-state index >= 15 is 0 Å². The van der Waals surface area contributed by atoms with E-state index in [4.69, 9.17) is 9.84 Å². The molecule has 1 aromatic rings. The van der Waals surface area contributed by atoms with Gasteiger partial charge < -0.3 is 20.5 Å². The summed E-state index contributed by atoms with van der Waals surface area (Å²) >= 11 is 0. The van der Waals surface area contributed by atoms with E-state index in [-0.39, 0.29) is 30.8 Å². The highest BCUT2D eigenvalue weighted by atomic mass is 19.4. The predicted molar refractivity (Wildman–Crippen MR) is 110 cm³/mol. The monoisotopic (exact) mass is 422 g/mol. The fourth-order valence-electron chi connectivity index (χ4n) is 4.88. The van der Waals surface area contributed by atoms with Crippen LogP contribution in [0.1, 0.15) is 42.9 Å². The van der Waals surface area contributed by atoms with Crippen molar-refractivity contribution in [2.75, 3.05) is 25.0 Å². The van der Waals surface area contributed by atoms with Crippen molar-refractivity contribution >= 4 is 5.69 Å². The zero-order chi connectivity index (χ0) is 21.1. The maximum Gasteiger partial charge on any atom is 0.416 e. The molecule has 0 amide bonds. The Bertz CT molecular complexity index is 793. The van der Waals surface area contributed by atoms with E-state index in [0.29, 0.717) is 31.0 Å². The molecule has 3 aliphatic rings. The highest BCUT2D eigenvalue weighted by Crippen LogP contribution is 2.49. The van der Waals surface area contributed by atoms with Gasteiger partial charge in [0.25, 0.3) is 0 Å². The van der Waals surface area contributed by atoms with Crippen LogP contribution in [0.5, 0.6) is 0 Å². The number of allylic oxidation sites excluding steroid dienone is 3. The number of fused-ring (bicyclic) bond motifs is 3. The number of ether oxygens (including phenoxy) is 1. The lowest BCUT2D eigenvalue weighted by Gasteiger charge is -2.47. The number of benzene rings is 1. The number of halogens is 3. The Hall–Kier alpha value is -1.83. The lowest BCUT2D eigenvalue weighted by Crippen LogP contribution is -2.48. The van der Waals surface area contributed by atoms with Crippen LogP contribution in [-0.4, -0.2) is 36.9 Å². The number of alkyl halides is 3. The SMILES string of the molecule is OCCCNC[C@H]1CC[C@@H]2[C@H](O1)c1cc(C(F)(F)F)ccc1N[C@H]2C1C=CC=CC1. The maximum atomic E-state index is 13.4. The van der Waals surface area contributed by atoms with Crippen LogP contribution < -0.4 is 10.6 Å². The Morgan fingerprint density at radius 1 is 1.20 bits per heavy atom. The largest absolute Gasteiger partial charge is 0.416 e. The molecule has 1 aromatic carbocycles. The minimum absolute atomic E-state index is 0.0483. The van der Waals surface area contributed by atoms with Crippen LogP contribution in [0.25, 0.3) is 0 Å². The van der Waals surface area contributed by atoms with Gasteiger partial charge in [-0.3, -0.25) is 0 Å². The number of hydrogen-bond donors (Lipinski definition) is 3. The van der Waals surface area contributed by atoms with Crippen LogP contribution in [0, 0.1) is 11.8 Å². The third-order valence-corrected chi connectivity index (χ3v) is 6.38. The zero-order valence-electron chi connectivity index (χ0n) is 16.9. The van der Waals surface area contributed by atoms with E-state index in [1.807, 2.05) is 12.2 Å². The van der Waals surface area contributed by atoms with E-state index < -0.39 is 11.7 Å². The van der Waals surface area contributed by atoms with Crippen LogP contribution in [0.3, 0.4) is 0 Å². The van der Waals surface area contributed by atoms with Gasteiger partial charge in [0.15, 0.2) is 0 Å². The standard InChI is InChI=1S/C23H29F3N2O2/c24-23(25,26)16-7-10-20-19(13-16)22-18(21(28-20)15-5-2-1-3-6-15)9-8-17(30-22)14-27-11-4-12-29/h1-3,5,7,10,13,15,17-18,21-22,27-29H,4,6,8-9,11-12,14H2/t15?,17-,18+,21+,22+/m1/s1. The first kappa shape index (κ1) is 21.4. The second kappa shape index (κ2) is 9.12. The second-order valence-corrected chi connectivity index (χ2v) is 8.38. The Kier molecular flexibility index (Phi) is 6.51. The summed E-state index contributed by atoms with van der Waals surface area (Å²) in [5, 5.41) is 15.8. The molecule has 0 bridgehead atoms. The summed E-state index contributed by atoms with van der Waals surface area (Å²) in [5.74, 6) is 0.414. The first-order valence-corrected chi connectivity index (χ1v) is 10.8. The van der Waals surface area contributed by atoms with Gasteiger partial charge in [-0.2, -0.15) is 13.2 Å². The van der Waals surface area contributed by atoms with Crippen molar-refractivity contribution in [3.05, 3.63) is 53.6 Å². The molecule has 5 atom stereocenters. The first-order chi connectivity index (χ1) is 14.5. The van der Waals surface area contributed by atoms with Gasteiger partial charge in [0.2, 0.25) is 0 Å². The van der Waals surface area contributed by atoms with Crippen molar-refractivity contribution < 1.29 is 23.0 Å². The van der Waals surface area contributed by atoms with Crippen molar-refractivity contribution in [2.45, 2.75) is 50.1 Å². The average Bonchev–Trinajstić information content (AvgIpc) is 2.75. The van der Waals surface area contributed by atoms with Gasteiger partial charge in [-0.25, -0.2) is 0 Å². The van der Waals surface area contributed by atoms with Gasteiger partial charge in [0.1, 0.15) is 0 Å². The minimum Gasteiger partial charge on any atom is -0.396 e. The summed E-state index contributed by atoms with van der Waals surface area (Å²) in [4.78, 5) is 0. The fraction of sp³-hybridized carbons (Fsp3) is 0.565. The van der Waals surface area contributed by atoms with Crippen LogP contribution in [0.2, 0.25) is 0 Å². The van der Waals surface area contributed by atoms with E-state index in [1.165, 1.54) is 6.07 Å². The summed E-state index contributed by atoms with van der Waals surface area (Å²) < 4.78 is 46.5. The molecular weight excluding hydrogens is 393 g/mol. The molecule has 30 heavy (non-hydrogen) atoms. The smallest absolute Gasteiger partial charge is 0.396 e. The minimum atomic E-state index is -4.38. The van der Waals surface area contributed by atoms with E-state index in [1.54, 1.807) is 6.07 Å². The predicted octanol–water partition coefficient (Wildman–Crippen LogP) is 4.44. The molecule has 3 N–H and O–H groups in total. The Balaban J connectivity index is 1.59. The number of aliphatic hydroxyl groups excluding tert-OH is 1. The number of hydrogen-bond acceptors (Lipinski definition) is 4. The van der Waals surface area contributed by atoms with E-state index in [2.05, 4.69) is 22.8 Å². The van der Waals surface area contributed by atoms with Crippen LogP contribution >= 0.6 is 0 Å². The van der Waals surface area contributed by atoms with Gasteiger partial charge in [0, 0.05) is 42.3 Å². The second-order valence-electron chi connectivity index (χ2n) is 8.38.